The Kier molecular flexibility index (Phi) is 2.95. The van der Waals surface area contributed by atoms with E-state index < -0.39 is 0 Å². The molecule has 0 aliphatic rings. The van der Waals surface area contributed by atoms with Crippen LogP contribution in [0.15, 0.2) is 28.9 Å². The highest BCUT2D eigenvalue weighted by atomic mass is 16.5. The molecule has 1 heterocycles. The molecule has 0 unspecified atom stereocenters. The minimum Gasteiger partial charge on any atom is -0.351 e. The Morgan fingerprint density at radius 2 is 2.00 bits per heavy atom. The molecule has 0 radical (unpaired) electrons. The zero-order valence-corrected chi connectivity index (χ0v) is 10.1. The van der Waals surface area contributed by atoms with Gasteiger partial charge in [0.15, 0.2) is 0 Å². The van der Waals surface area contributed by atoms with Crippen LogP contribution in [0.25, 0.3) is 0 Å². The molecule has 0 saturated carbocycles. The van der Waals surface area contributed by atoms with E-state index in [4.69, 9.17) is 4.52 Å². The summed E-state index contributed by atoms with van der Waals surface area (Å²) in [6.45, 7) is 5.75. The quantitative estimate of drug-likeness (QED) is 0.863. The van der Waals surface area contributed by atoms with Gasteiger partial charge >= 0.3 is 0 Å². The van der Waals surface area contributed by atoms with Crippen molar-refractivity contribution in [2.24, 2.45) is 0 Å². The molecule has 17 heavy (non-hydrogen) atoms. The number of anilines is 1. The molecule has 0 atom stereocenters. The molecule has 0 spiro atoms. The van der Waals surface area contributed by atoms with Crippen LogP contribution in [-0.4, -0.2) is 11.1 Å². The lowest BCUT2D eigenvalue weighted by molar-refractivity contribution is 0.0987. The van der Waals surface area contributed by atoms with Crippen LogP contribution in [0.1, 0.15) is 27.2 Å². The van der Waals surface area contributed by atoms with Gasteiger partial charge in [-0.05, 0) is 32.4 Å². The van der Waals surface area contributed by atoms with Gasteiger partial charge in [0.25, 0.3) is 5.91 Å². The van der Waals surface area contributed by atoms with Crippen molar-refractivity contribution in [1.29, 1.82) is 0 Å². The van der Waals surface area contributed by atoms with Gasteiger partial charge < -0.3 is 9.84 Å². The number of benzene rings is 1. The molecule has 2 aromatic rings. The van der Waals surface area contributed by atoms with Crippen LogP contribution < -0.4 is 5.32 Å². The van der Waals surface area contributed by atoms with Crippen molar-refractivity contribution < 1.29 is 9.32 Å². The second-order valence-electron chi connectivity index (χ2n) is 4.11. The summed E-state index contributed by atoms with van der Waals surface area (Å²) in [7, 11) is 0. The van der Waals surface area contributed by atoms with Gasteiger partial charge in [0.1, 0.15) is 0 Å². The number of hydrogen-bond donors (Lipinski definition) is 1. The minimum atomic E-state index is -0.271. The highest BCUT2D eigenvalue weighted by Crippen LogP contribution is 2.17. The number of rotatable bonds is 2. The van der Waals surface area contributed by atoms with Crippen molar-refractivity contribution in [3.05, 3.63) is 46.8 Å². The molecule has 0 aliphatic heterocycles. The minimum absolute atomic E-state index is 0.255. The topological polar surface area (TPSA) is 55.1 Å². The molecule has 88 valence electrons. The fourth-order valence-corrected chi connectivity index (χ4v) is 1.64. The number of aromatic nitrogens is 1. The predicted molar refractivity (Wildman–Crippen MR) is 65.1 cm³/mol. The second-order valence-corrected chi connectivity index (χ2v) is 4.11. The Bertz CT molecular complexity index is 558. The smallest absolute Gasteiger partial charge is 0.294 e. The zero-order chi connectivity index (χ0) is 12.4. The molecular weight excluding hydrogens is 216 g/mol. The Balaban J connectivity index is 2.22. The summed E-state index contributed by atoms with van der Waals surface area (Å²) in [6, 6.07) is 5.85. The Labute approximate surface area is 99.6 Å². The number of hydrogen-bond acceptors (Lipinski definition) is 3. The van der Waals surface area contributed by atoms with Crippen LogP contribution in [0.4, 0.5) is 5.69 Å². The number of nitrogens with zero attached hydrogens (tertiary/aromatic N) is 1. The maximum atomic E-state index is 11.9. The number of amides is 1. The summed E-state index contributed by atoms with van der Waals surface area (Å²) in [5.74, 6) is -0.0167. The zero-order valence-electron chi connectivity index (χ0n) is 10.1. The van der Waals surface area contributed by atoms with Crippen molar-refractivity contribution in [1.82, 2.24) is 5.16 Å². The predicted octanol–water partition coefficient (Wildman–Crippen LogP) is 2.85. The lowest BCUT2D eigenvalue weighted by atomic mass is 10.1. The van der Waals surface area contributed by atoms with E-state index >= 15 is 0 Å². The SMILES string of the molecule is Cc1ccc(NC(=O)c2oncc2C)c(C)c1. The summed E-state index contributed by atoms with van der Waals surface area (Å²) in [5.41, 5.74) is 3.70. The Morgan fingerprint density at radius 3 is 2.59 bits per heavy atom. The Hall–Kier alpha value is -2.10. The van der Waals surface area contributed by atoms with Gasteiger partial charge in [-0.3, -0.25) is 4.79 Å². The first-order valence-corrected chi connectivity index (χ1v) is 5.38. The van der Waals surface area contributed by atoms with Crippen LogP contribution in [0.2, 0.25) is 0 Å². The average molecular weight is 230 g/mol. The molecule has 4 heteroatoms. The van der Waals surface area contributed by atoms with Crippen LogP contribution in [0.3, 0.4) is 0 Å². The van der Waals surface area contributed by atoms with Gasteiger partial charge in [0.05, 0.1) is 6.20 Å². The maximum absolute atomic E-state index is 11.9. The van der Waals surface area contributed by atoms with E-state index in [-0.39, 0.29) is 11.7 Å². The van der Waals surface area contributed by atoms with E-state index in [1.165, 1.54) is 6.20 Å². The number of carbonyl (C=O) groups is 1. The fraction of sp³-hybridized carbons (Fsp3) is 0.231. The van der Waals surface area contributed by atoms with Gasteiger partial charge in [-0.2, -0.15) is 0 Å². The Morgan fingerprint density at radius 1 is 1.24 bits per heavy atom. The largest absolute Gasteiger partial charge is 0.351 e. The van der Waals surface area contributed by atoms with Gasteiger partial charge in [0, 0.05) is 11.3 Å². The summed E-state index contributed by atoms with van der Waals surface area (Å²) < 4.78 is 4.90. The molecule has 0 saturated heterocycles. The van der Waals surface area contributed by atoms with E-state index in [0.717, 1.165) is 22.4 Å². The van der Waals surface area contributed by atoms with Crippen molar-refractivity contribution >= 4 is 11.6 Å². The molecule has 0 bridgehead atoms. The van der Waals surface area contributed by atoms with Gasteiger partial charge in [0.2, 0.25) is 5.76 Å². The number of nitrogens with one attached hydrogen (secondary N) is 1. The molecule has 1 aromatic heterocycles. The summed E-state index contributed by atoms with van der Waals surface area (Å²) in [6.07, 6.45) is 1.52. The summed E-state index contributed by atoms with van der Waals surface area (Å²) in [5, 5.41) is 6.39. The molecular formula is C13H14N2O2. The first kappa shape index (κ1) is 11.4. The summed E-state index contributed by atoms with van der Waals surface area (Å²) >= 11 is 0. The van der Waals surface area contributed by atoms with Gasteiger partial charge in [-0.15, -0.1) is 0 Å². The van der Waals surface area contributed by atoms with Crippen molar-refractivity contribution in [2.75, 3.05) is 5.32 Å². The third-order valence-corrected chi connectivity index (χ3v) is 2.58. The molecule has 0 fully saturated rings. The van der Waals surface area contributed by atoms with Gasteiger partial charge in [-0.25, -0.2) is 0 Å². The fourth-order valence-electron chi connectivity index (χ4n) is 1.64. The van der Waals surface area contributed by atoms with E-state index in [2.05, 4.69) is 10.5 Å². The first-order valence-electron chi connectivity index (χ1n) is 5.38. The molecule has 1 amide bonds. The maximum Gasteiger partial charge on any atom is 0.294 e. The van der Waals surface area contributed by atoms with Gasteiger partial charge in [-0.1, -0.05) is 22.9 Å². The highest BCUT2D eigenvalue weighted by Gasteiger charge is 2.14. The van der Waals surface area contributed by atoms with Crippen LogP contribution in [0.5, 0.6) is 0 Å². The van der Waals surface area contributed by atoms with Crippen molar-refractivity contribution in [3.63, 3.8) is 0 Å². The van der Waals surface area contributed by atoms with Crippen LogP contribution in [-0.2, 0) is 0 Å². The molecule has 0 aliphatic carbocycles. The average Bonchev–Trinajstić information content (AvgIpc) is 2.68. The normalized spacial score (nSPS) is 10.3. The van der Waals surface area contributed by atoms with E-state index in [9.17, 15) is 4.79 Å². The molecule has 4 nitrogen and oxygen atoms in total. The molecule has 2 rings (SSSR count). The number of aryl methyl sites for hydroxylation is 3. The first-order chi connectivity index (χ1) is 8.08. The standard InChI is InChI=1S/C13H14N2O2/c1-8-4-5-11(9(2)6-8)15-13(16)12-10(3)7-14-17-12/h4-7H,1-3H3,(H,15,16). The molecule has 1 aromatic carbocycles. The highest BCUT2D eigenvalue weighted by molar-refractivity contribution is 6.03. The monoisotopic (exact) mass is 230 g/mol. The van der Waals surface area contributed by atoms with E-state index in [1.54, 1.807) is 6.92 Å². The third kappa shape index (κ3) is 2.36. The van der Waals surface area contributed by atoms with E-state index in [0.29, 0.717) is 0 Å². The lowest BCUT2D eigenvalue weighted by Gasteiger charge is -2.07. The third-order valence-electron chi connectivity index (χ3n) is 2.58. The van der Waals surface area contributed by atoms with Crippen molar-refractivity contribution in [2.45, 2.75) is 20.8 Å². The molecule has 1 N–H and O–H groups in total. The van der Waals surface area contributed by atoms with E-state index in [1.807, 2.05) is 32.0 Å². The lowest BCUT2D eigenvalue weighted by Crippen LogP contribution is -2.13. The second kappa shape index (κ2) is 4.41. The van der Waals surface area contributed by atoms with Crippen molar-refractivity contribution in [3.8, 4) is 0 Å². The summed E-state index contributed by atoms with van der Waals surface area (Å²) in [4.78, 5) is 11.9. The van der Waals surface area contributed by atoms with Crippen LogP contribution >= 0.6 is 0 Å². The number of carbonyl (C=O) groups excluding carboxylic acids is 1. The van der Waals surface area contributed by atoms with Crippen LogP contribution in [0, 0.1) is 20.8 Å².